The van der Waals surface area contributed by atoms with E-state index in [1.54, 1.807) is 13.0 Å². The van der Waals surface area contributed by atoms with Crippen molar-refractivity contribution in [2.45, 2.75) is 19.1 Å². The van der Waals surface area contributed by atoms with Crippen molar-refractivity contribution in [2.75, 3.05) is 0 Å². The van der Waals surface area contributed by atoms with E-state index >= 15 is 0 Å². The molecule has 72 valence electrons. The zero-order chi connectivity index (χ0) is 10.0. The predicted octanol–water partition coefficient (Wildman–Crippen LogP) is 2.48. The minimum atomic E-state index is -0.562. The maximum Gasteiger partial charge on any atom is 0.0704 e. The van der Waals surface area contributed by atoms with Gasteiger partial charge in [0.05, 0.1) is 17.2 Å². The fourth-order valence-corrected chi connectivity index (χ4v) is 1.51. The third-order valence-corrected chi connectivity index (χ3v) is 3.06. The van der Waals surface area contributed by atoms with Crippen LogP contribution in [0.3, 0.4) is 0 Å². The van der Waals surface area contributed by atoms with Crippen LogP contribution in [0, 0.1) is 0 Å². The molecule has 3 N–H and O–H groups in total. The largest absolute Gasteiger partial charge is 0.391 e. The number of benzene rings is 1. The molecule has 0 saturated carbocycles. The van der Waals surface area contributed by atoms with Gasteiger partial charge in [-0.05, 0) is 40.5 Å². The van der Waals surface area contributed by atoms with E-state index in [1.165, 1.54) is 0 Å². The number of hydrogen-bond acceptors (Lipinski definition) is 2. The maximum absolute atomic E-state index is 9.26. The Morgan fingerprint density at radius 1 is 1.54 bits per heavy atom. The Hall–Kier alpha value is -0.0900. The van der Waals surface area contributed by atoms with E-state index in [9.17, 15) is 5.11 Å². The summed E-state index contributed by atoms with van der Waals surface area (Å²) in [5.74, 6) is 0. The molecule has 2 atom stereocenters. The van der Waals surface area contributed by atoms with E-state index in [0.29, 0.717) is 5.02 Å². The molecule has 0 spiro atoms. The number of nitrogens with two attached hydrogens (primary N) is 1. The van der Waals surface area contributed by atoms with E-state index in [-0.39, 0.29) is 6.04 Å². The Bertz CT molecular complexity index is 304. The summed E-state index contributed by atoms with van der Waals surface area (Å²) in [5.41, 5.74) is 6.61. The van der Waals surface area contributed by atoms with Crippen LogP contribution in [0.5, 0.6) is 0 Å². The second-order valence-electron chi connectivity index (χ2n) is 2.94. The van der Waals surface area contributed by atoms with Crippen LogP contribution in [0.1, 0.15) is 18.5 Å². The first-order valence-electron chi connectivity index (χ1n) is 3.91. The molecule has 0 aliphatic heterocycles. The summed E-state index contributed by atoms with van der Waals surface area (Å²) in [5, 5.41) is 9.90. The summed E-state index contributed by atoms with van der Waals surface area (Å²) in [6.07, 6.45) is -0.562. The number of aliphatic hydroxyl groups excluding tert-OH is 1. The molecule has 0 fully saturated rings. The lowest BCUT2D eigenvalue weighted by atomic mass is 10.0. The molecule has 0 aliphatic carbocycles. The number of rotatable bonds is 2. The highest BCUT2D eigenvalue weighted by molar-refractivity contribution is 9.10. The van der Waals surface area contributed by atoms with Crippen molar-refractivity contribution >= 4 is 27.5 Å². The van der Waals surface area contributed by atoms with Gasteiger partial charge >= 0.3 is 0 Å². The van der Waals surface area contributed by atoms with Gasteiger partial charge in [0.15, 0.2) is 0 Å². The number of hydrogen-bond donors (Lipinski definition) is 2. The van der Waals surface area contributed by atoms with E-state index in [4.69, 9.17) is 17.3 Å². The van der Waals surface area contributed by atoms with Gasteiger partial charge in [0.1, 0.15) is 0 Å². The van der Waals surface area contributed by atoms with Gasteiger partial charge in [0.2, 0.25) is 0 Å². The first kappa shape index (κ1) is 11.0. The zero-order valence-corrected chi connectivity index (χ0v) is 9.51. The van der Waals surface area contributed by atoms with Crippen LogP contribution >= 0.6 is 27.5 Å². The minimum absolute atomic E-state index is 0.367. The SMILES string of the molecule is C[C@H](O)[C@H](N)c1ccc(Cl)c(Br)c1. The second kappa shape index (κ2) is 4.42. The van der Waals surface area contributed by atoms with Crippen LogP contribution in [0.2, 0.25) is 5.02 Å². The van der Waals surface area contributed by atoms with E-state index in [1.807, 2.05) is 12.1 Å². The van der Waals surface area contributed by atoms with Crippen LogP contribution in [0.4, 0.5) is 0 Å². The third-order valence-electron chi connectivity index (χ3n) is 1.85. The highest BCUT2D eigenvalue weighted by atomic mass is 79.9. The molecule has 1 aromatic rings. The highest BCUT2D eigenvalue weighted by Crippen LogP contribution is 2.26. The van der Waals surface area contributed by atoms with E-state index in [2.05, 4.69) is 15.9 Å². The average Bonchev–Trinajstić information content (AvgIpc) is 2.08. The summed E-state index contributed by atoms with van der Waals surface area (Å²) in [6.45, 7) is 1.66. The monoisotopic (exact) mass is 263 g/mol. The maximum atomic E-state index is 9.26. The quantitative estimate of drug-likeness (QED) is 0.862. The molecule has 0 aromatic heterocycles. The first-order chi connectivity index (χ1) is 6.02. The van der Waals surface area contributed by atoms with E-state index < -0.39 is 6.10 Å². The van der Waals surface area contributed by atoms with Crippen LogP contribution in [0.15, 0.2) is 22.7 Å². The van der Waals surface area contributed by atoms with Gasteiger partial charge in [0, 0.05) is 4.47 Å². The van der Waals surface area contributed by atoms with Crippen LogP contribution in [-0.4, -0.2) is 11.2 Å². The van der Waals surface area contributed by atoms with Crippen molar-refractivity contribution in [3.63, 3.8) is 0 Å². The third kappa shape index (κ3) is 2.68. The fraction of sp³-hybridized carbons (Fsp3) is 0.333. The van der Waals surface area contributed by atoms with Crippen molar-refractivity contribution in [1.29, 1.82) is 0 Å². The Balaban J connectivity index is 2.97. The Morgan fingerprint density at radius 2 is 2.15 bits per heavy atom. The van der Waals surface area contributed by atoms with Gasteiger partial charge in [0.25, 0.3) is 0 Å². The lowest BCUT2D eigenvalue weighted by Gasteiger charge is -2.15. The summed E-state index contributed by atoms with van der Waals surface area (Å²) >= 11 is 9.11. The lowest BCUT2D eigenvalue weighted by Crippen LogP contribution is -2.23. The first-order valence-corrected chi connectivity index (χ1v) is 5.08. The van der Waals surface area contributed by atoms with Gasteiger partial charge in [-0.2, -0.15) is 0 Å². The molecule has 0 bridgehead atoms. The van der Waals surface area contributed by atoms with Crippen molar-refractivity contribution < 1.29 is 5.11 Å². The molecule has 2 nitrogen and oxygen atoms in total. The Kier molecular flexibility index (Phi) is 3.74. The van der Waals surface area contributed by atoms with Gasteiger partial charge in [-0.25, -0.2) is 0 Å². The van der Waals surface area contributed by atoms with Crippen LogP contribution < -0.4 is 5.73 Å². The van der Waals surface area contributed by atoms with Gasteiger partial charge in [-0.15, -0.1) is 0 Å². The molecular weight excluding hydrogens is 253 g/mol. The average molecular weight is 265 g/mol. The predicted molar refractivity (Wildman–Crippen MR) is 57.8 cm³/mol. The van der Waals surface area contributed by atoms with Gasteiger partial charge in [-0.1, -0.05) is 17.7 Å². The lowest BCUT2D eigenvalue weighted by molar-refractivity contribution is 0.164. The van der Waals surface area contributed by atoms with Gasteiger partial charge in [-0.3, -0.25) is 0 Å². The minimum Gasteiger partial charge on any atom is -0.391 e. The van der Waals surface area contributed by atoms with Crippen molar-refractivity contribution in [3.8, 4) is 0 Å². The summed E-state index contributed by atoms with van der Waals surface area (Å²) in [4.78, 5) is 0. The van der Waals surface area contributed by atoms with Crippen molar-refractivity contribution in [3.05, 3.63) is 33.3 Å². The van der Waals surface area contributed by atoms with Crippen LogP contribution in [0.25, 0.3) is 0 Å². The molecule has 0 heterocycles. The van der Waals surface area contributed by atoms with Crippen LogP contribution in [-0.2, 0) is 0 Å². The highest BCUT2D eigenvalue weighted by Gasteiger charge is 2.12. The molecular formula is C9H11BrClNO. The van der Waals surface area contributed by atoms with E-state index in [0.717, 1.165) is 10.0 Å². The second-order valence-corrected chi connectivity index (χ2v) is 4.20. The Morgan fingerprint density at radius 3 is 2.62 bits per heavy atom. The normalized spacial score (nSPS) is 15.5. The molecule has 0 unspecified atom stereocenters. The smallest absolute Gasteiger partial charge is 0.0704 e. The number of aliphatic hydroxyl groups is 1. The number of halogens is 2. The summed E-state index contributed by atoms with van der Waals surface area (Å²) in [7, 11) is 0. The molecule has 1 rings (SSSR count). The van der Waals surface area contributed by atoms with Crippen molar-refractivity contribution in [1.82, 2.24) is 0 Å². The molecule has 13 heavy (non-hydrogen) atoms. The molecule has 0 radical (unpaired) electrons. The zero-order valence-electron chi connectivity index (χ0n) is 7.17. The summed E-state index contributed by atoms with van der Waals surface area (Å²) < 4.78 is 0.794. The molecule has 0 amide bonds. The molecule has 1 aromatic carbocycles. The van der Waals surface area contributed by atoms with Gasteiger partial charge < -0.3 is 10.8 Å². The molecule has 0 saturated heterocycles. The standard InChI is InChI=1S/C9H11BrClNO/c1-5(13)9(12)6-2-3-8(11)7(10)4-6/h2-5,9,13H,12H2,1H3/t5-,9-/m0/s1. The fourth-order valence-electron chi connectivity index (χ4n) is 0.998. The van der Waals surface area contributed by atoms with Crippen molar-refractivity contribution in [2.24, 2.45) is 5.73 Å². The topological polar surface area (TPSA) is 46.2 Å². The molecule has 4 heteroatoms. The Labute approximate surface area is 90.8 Å². The summed E-state index contributed by atoms with van der Waals surface area (Å²) in [6, 6.07) is 5.02. The molecule has 0 aliphatic rings.